The smallest absolute Gasteiger partial charge is 0.543 e. The van der Waals surface area contributed by atoms with Gasteiger partial charge in [-0.1, -0.05) is 11.8 Å². The summed E-state index contributed by atoms with van der Waals surface area (Å²) in [7, 11) is 1.76. The van der Waals surface area contributed by atoms with E-state index in [1.807, 2.05) is 6.92 Å². The molecule has 0 unspecified atom stereocenters. The van der Waals surface area contributed by atoms with Gasteiger partial charge < -0.3 is 19.9 Å². The van der Waals surface area contributed by atoms with E-state index in [2.05, 4.69) is 20.6 Å². The van der Waals surface area contributed by atoms with E-state index in [1.54, 1.807) is 29.4 Å². The number of carboxylic acids is 1. The predicted octanol–water partition coefficient (Wildman–Crippen LogP) is -4.42. The fourth-order valence-electron chi connectivity index (χ4n) is 3.94. The number of nitrogens with zero attached hydrogens (tertiary/aromatic N) is 7. The van der Waals surface area contributed by atoms with Crippen LogP contribution in [0.25, 0.3) is 5.57 Å². The van der Waals surface area contributed by atoms with Gasteiger partial charge >= 0.3 is 29.6 Å². The van der Waals surface area contributed by atoms with Crippen LogP contribution in [0.5, 0.6) is 0 Å². The molecule has 30 heavy (non-hydrogen) atoms. The van der Waals surface area contributed by atoms with Crippen LogP contribution >= 0.6 is 11.8 Å². The average Bonchev–Trinajstić information content (AvgIpc) is 3.31. The van der Waals surface area contributed by atoms with Gasteiger partial charge in [0.05, 0.1) is 42.0 Å². The molecule has 154 valence electrons. The first-order valence-electron chi connectivity index (χ1n) is 9.15. The number of amides is 1. The maximum atomic E-state index is 12.3. The van der Waals surface area contributed by atoms with Crippen molar-refractivity contribution in [3.8, 4) is 0 Å². The van der Waals surface area contributed by atoms with Crippen molar-refractivity contribution in [2.45, 2.75) is 44.1 Å². The van der Waals surface area contributed by atoms with Crippen LogP contribution in [0, 0.1) is 12.8 Å². The summed E-state index contributed by atoms with van der Waals surface area (Å²) in [5, 5.41) is 38.1. The van der Waals surface area contributed by atoms with E-state index in [0.29, 0.717) is 35.1 Å². The Morgan fingerprint density at radius 3 is 2.80 bits per heavy atom. The van der Waals surface area contributed by atoms with Crippen LogP contribution in [0.15, 0.2) is 16.9 Å². The molecule has 0 spiro atoms. The number of rotatable bonds is 7. The van der Waals surface area contributed by atoms with E-state index >= 15 is 0 Å². The molecule has 2 aromatic rings. The summed E-state index contributed by atoms with van der Waals surface area (Å²) < 4.78 is 3.37. The Bertz CT molecular complexity index is 1020. The molecule has 13 heteroatoms. The Balaban J connectivity index is 0.00000256. The van der Waals surface area contributed by atoms with Gasteiger partial charge in [0, 0.05) is 24.1 Å². The Morgan fingerprint density at radius 1 is 1.47 bits per heavy atom. The summed E-state index contributed by atoms with van der Waals surface area (Å²) in [6.45, 7) is 4.01. The zero-order chi connectivity index (χ0) is 20.9. The Labute approximate surface area is 198 Å². The number of tetrazole rings is 1. The van der Waals surface area contributed by atoms with E-state index in [0.717, 1.165) is 5.69 Å². The first-order valence-corrected chi connectivity index (χ1v) is 10.1. The molecule has 1 N–H and O–H groups in total. The van der Waals surface area contributed by atoms with Crippen LogP contribution in [0.1, 0.15) is 24.7 Å². The second kappa shape index (κ2) is 8.79. The minimum Gasteiger partial charge on any atom is -0.543 e. The number of carboxylic acid groups (broad SMARTS) is 1. The number of aromatic nitrogens is 6. The second-order valence-corrected chi connectivity index (χ2v) is 8.25. The van der Waals surface area contributed by atoms with Gasteiger partial charge in [0.25, 0.3) is 0 Å². The minimum atomic E-state index is -1.41. The maximum absolute atomic E-state index is 12.3. The van der Waals surface area contributed by atoms with E-state index in [9.17, 15) is 19.8 Å². The number of β-lactam (4-membered cyclic amide) rings is 1. The molecule has 4 rings (SSSR count). The SMILES string of the molecule is Cc1cc(C2=C(C(=O)[O-])N3C(=O)[C@H]([C@@H](C)O)[C@H]3C2)nn1CCSc1nnnn1C.[Na+]. The van der Waals surface area contributed by atoms with Crippen molar-refractivity contribution >= 4 is 29.2 Å². The second-order valence-electron chi connectivity index (χ2n) is 7.19. The number of hydrogen-bond acceptors (Lipinski definition) is 9. The standard InChI is InChI=1S/C17H21N7O4S.Na/c1-8-6-11(19-23(8)4-5-29-17-18-20-21-22(17)3)10-7-12-13(9(2)25)15(26)24(12)14(10)16(27)28;/h6,9,12-13,25H,4-5,7H2,1-3H3,(H,27,28);/q;+1/p-1/t9-,12-,13-;/m1./s1. The first kappa shape index (κ1) is 22.9. The fourth-order valence-corrected chi connectivity index (χ4v) is 4.70. The summed E-state index contributed by atoms with van der Waals surface area (Å²) in [6.07, 6.45) is -0.502. The topological polar surface area (TPSA) is 142 Å². The summed E-state index contributed by atoms with van der Waals surface area (Å²) in [5.41, 5.74) is 1.72. The number of aliphatic carboxylic acids is 1. The van der Waals surface area contributed by atoms with Crippen molar-refractivity contribution < 1.29 is 49.4 Å². The number of aliphatic hydroxyl groups excluding tert-OH is 1. The minimum absolute atomic E-state index is 0. The molecule has 0 radical (unpaired) electrons. The molecular weight excluding hydrogens is 421 g/mol. The fraction of sp³-hybridized carbons (Fsp3) is 0.529. The van der Waals surface area contributed by atoms with Crippen molar-refractivity contribution in [2.24, 2.45) is 13.0 Å². The average molecular weight is 441 g/mol. The maximum Gasteiger partial charge on any atom is 1.00 e. The molecule has 1 amide bonds. The number of fused-ring (bicyclic) bond motifs is 1. The van der Waals surface area contributed by atoms with Crippen molar-refractivity contribution in [1.82, 2.24) is 34.9 Å². The predicted molar refractivity (Wildman–Crippen MR) is 98.8 cm³/mol. The molecule has 1 fully saturated rings. The van der Waals surface area contributed by atoms with Gasteiger partial charge in [0.2, 0.25) is 11.1 Å². The van der Waals surface area contributed by atoms with Crippen molar-refractivity contribution in [3.63, 3.8) is 0 Å². The summed E-state index contributed by atoms with van der Waals surface area (Å²) in [4.78, 5) is 25.3. The zero-order valence-electron chi connectivity index (χ0n) is 17.1. The molecule has 2 aliphatic rings. The third-order valence-corrected chi connectivity index (χ3v) is 6.32. The van der Waals surface area contributed by atoms with Gasteiger partial charge in [-0.3, -0.25) is 9.48 Å². The summed E-state index contributed by atoms with van der Waals surface area (Å²) >= 11 is 1.49. The molecule has 0 aliphatic carbocycles. The van der Waals surface area contributed by atoms with E-state index in [4.69, 9.17) is 0 Å². The van der Waals surface area contributed by atoms with Gasteiger partial charge in [-0.05, 0) is 36.8 Å². The normalized spacial score (nSPS) is 21.3. The first-order chi connectivity index (χ1) is 13.8. The quantitative estimate of drug-likeness (QED) is 0.256. The van der Waals surface area contributed by atoms with Crippen molar-refractivity contribution in [3.05, 3.63) is 23.2 Å². The number of carbonyl (C=O) groups is 2. The summed E-state index contributed by atoms with van der Waals surface area (Å²) in [5.74, 6) is -1.71. The van der Waals surface area contributed by atoms with Crippen molar-refractivity contribution in [1.29, 1.82) is 0 Å². The van der Waals surface area contributed by atoms with Crippen LogP contribution < -0.4 is 34.7 Å². The largest absolute Gasteiger partial charge is 1.00 e. The molecule has 2 aliphatic heterocycles. The molecule has 0 saturated carbocycles. The van der Waals surface area contributed by atoms with Gasteiger partial charge in [-0.25, -0.2) is 4.68 Å². The van der Waals surface area contributed by atoms with Gasteiger partial charge in [0.15, 0.2) is 0 Å². The number of aliphatic hydroxyl groups is 1. The third kappa shape index (κ3) is 3.82. The van der Waals surface area contributed by atoms with Crippen LogP contribution in [-0.2, 0) is 23.2 Å². The number of aryl methyl sites for hydroxylation is 3. The van der Waals surface area contributed by atoms with Crippen LogP contribution in [0.4, 0.5) is 0 Å². The third-order valence-electron chi connectivity index (χ3n) is 5.33. The van der Waals surface area contributed by atoms with Crippen LogP contribution in [-0.4, -0.2) is 69.8 Å². The summed E-state index contributed by atoms with van der Waals surface area (Å²) in [6, 6.07) is 1.44. The van der Waals surface area contributed by atoms with E-state index < -0.39 is 18.0 Å². The molecule has 2 aromatic heterocycles. The van der Waals surface area contributed by atoms with E-state index in [1.165, 1.54) is 16.7 Å². The number of carbonyl (C=O) groups excluding carboxylic acids is 2. The molecular formula is C17H20N7NaO4S. The van der Waals surface area contributed by atoms with Gasteiger partial charge in [-0.2, -0.15) is 5.10 Å². The van der Waals surface area contributed by atoms with E-state index in [-0.39, 0.29) is 47.2 Å². The van der Waals surface area contributed by atoms with Gasteiger partial charge in [0.1, 0.15) is 0 Å². The van der Waals surface area contributed by atoms with Gasteiger partial charge in [-0.15, -0.1) is 5.10 Å². The monoisotopic (exact) mass is 441 g/mol. The van der Waals surface area contributed by atoms with Crippen LogP contribution in [0.3, 0.4) is 0 Å². The number of thioether (sulfide) groups is 1. The molecule has 0 aromatic carbocycles. The number of hydrogen-bond donors (Lipinski definition) is 1. The molecule has 0 bridgehead atoms. The Morgan fingerprint density at radius 2 is 2.20 bits per heavy atom. The zero-order valence-corrected chi connectivity index (χ0v) is 20.0. The molecule has 4 heterocycles. The molecule has 11 nitrogen and oxygen atoms in total. The molecule has 3 atom stereocenters. The Hall–Kier alpha value is -1.73. The molecule has 1 saturated heterocycles. The van der Waals surface area contributed by atoms with Crippen molar-refractivity contribution in [2.75, 3.05) is 5.75 Å². The Kier molecular flexibility index (Phi) is 6.72. The van der Waals surface area contributed by atoms with Crippen LogP contribution in [0.2, 0.25) is 0 Å².